The first-order valence-electron chi connectivity index (χ1n) is 4.17. The van der Waals surface area contributed by atoms with Gasteiger partial charge < -0.3 is 5.73 Å². The number of primary amides is 1. The van der Waals surface area contributed by atoms with Crippen LogP contribution in [0.2, 0.25) is 5.02 Å². The van der Waals surface area contributed by atoms with Crippen molar-refractivity contribution in [1.29, 1.82) is 0 Å². The van der Waals surface area contributed by atoms with Crippen LogP contribution in [0.15, 0.2) is 22.7 Å². The smallest absolute Gasteiger partial charge is 0.276 e. The minimum absolute atomic E-state index is 0.237. The highest BCUT2D eigenvalue weighted by Gasteiger charge is 2.12. The third kappa shape index (κ3) is 3.48. The monoisotopic (exact) mass is 306 g/mol. The first-order chi connectivity index (χ1) is 7.52. The number of nitrogens with one attached hydrogen (secondary N) is 1. The molecule has 16 heavy (non-hydrogen) atoms. The van der Waals surface area contributed by atoms with Gasteiger partial charge in [0.1, 0.15) is 0 Å². The van der Waals surface area contributed by atoms with Gasteiger partial charge in [-0.05, 0) is 28.1 Å². The molecule has 3 N–H and O–H groups in total. The summed E-state index contributed by atoms with van der Waals surface area (Å²) in [6, 6.07) is 4.87. The molecule has 1 aromatic carbocycles. The van der Waals surface area contributed by atoms with Crippen LogP contribution in [-0.2, 0) is 9.63 Å². The van der Waals surface area contributed by atoms with Gasteiger partial charge >= 0.3 is 0 Å². The van der Waals surface area contributed by atoms with Gasteiger partial charge in [-0.25, -0.2) is 5.48 Å². The zero-order chi connectivity index (χ0) is 12.1. The quantitative estimate of drug-likeness (QED) is 0.821. The molecule has 1 aromatic rings. The number of hydrogen-bond acceptors (Lipinski definition) is 3. The van der Waals surface area contributed by atoms with Crippen molar-refractivity contribution >= 4 is 39.3 Å². The zero-order valence-corrected chi connectivity index (χ0v) is 10.3. The summed E-state index contributed by atoms with van der Waals surface area (Å²) in [4.78, 5) is 26.4. The summed E-state index contributed by atoms with van der Waals surface area (Å²) in [7, 11) is 0. The SMILES string of the molecule is NC(=O)CONC(=O)c1cccc(Br)c1Cl. The lowest BCUT2D eigenvalue weighted by Gasteiger charge is -2.06. The van der Waals surface area contributed by atoms with Crippen molar-refractivity contribution in [3.63, 3.8) is 0 Å². The predicted molar refractivity (Wildman–Crippen MR) is 61.8 cm³/mol. The van der Waals surface area contributed by atoms with E-state index in [1.807, 2.05) is 0 Å². The lowest BCUT2D eigenvalue weighted by atomic mass is 10.2. The number of amides is 2. The molecule has 86 valence electrons. The normalized spacial score (nSPS) is 9.88. The van der Waals surface area contributed by atoms with Crippen LogP contribution in [0, 0.1) is 0 Å². The fourth-order valence-corrected chi connectivity index (χ4v) is 1.48. The van der Waals surface area contributed by atoms with Crippen LogP contribution in [0.5, 0.6) is 0 Å². The van der Waals surface area contributed by atoms with E-state index in [0.29, 0.717) is 4.47 Å². The Hall–Kier alpha value is -1.11. The Labute approximate surface area is 105 Å². The van der Waals surface area contributed by atoms with Crippen molar-refractivity contribution in [2.75, 3.05) is 6.61 Å². The average molecular weight is 308 g/mol. The fourth-order valence-electron chi connectivity index (χ4n) is 0.907. The highest BCUT2D eigenvalue weighted by molar-refractivity contribution is 9.10. The van der Waals surface area contributed by atoms with Gasteiger partial charge in [0.15, 0.2) is 6.61 Å². The minimum Gasteiger partial charge on any atom is -0.368 e. The van der Waals surface area contributed by atoms with Gasteiger partial charge in [0, 0.05) is 4.47 Å². The summed E-state index contributed by atoms with van der Waals surface area (Å²) in [6.07, 6.45) is 0. The standard InChI is InChI=1S/C9H8BrClN2O3/c10-6-3-1-2-5(8(6)11)9(15)13-16-4-7(12)14/h1-3H,4H2,(H2,12,14)(H,13,15). The minimum atomic E-state index is -0.680. The maximum atomic E-state index is 11.5. The van der Waals surface area contributed by atoms with E-state index < -0.39 is 18.4 Å². The van der Waals surface area contributed by atoms with E-state index in [1.54, 1.807) is 12.1 Å². The molecule has 0 aliphatic rings. The number of halogens is 2. The van der Waals surface area contributed by atoms with E-state index in [0.717, 1.165) is 0 Å². The summed E-state index contributed by atoms with van der Waals surface area (Å²) in [6.45, 7) is -0.392. The number of hydrogen-bond donors (Lipinski definition) is 2. The van der Waals surface area contributed by atoms with Gasteiger partial charge in [-0.1, -0.05) is 17.7 Å². The number of hydroxylamine groups is 1. The molecule has 0 saturated carbocycles. The average Bonchev–Trinajstić information content (AvgIpc) is 2.21. The molecule has 0 heterocycles. The maximum Gasteiger partial charge on any atom is 0.276 e. The number of carbonyl (C=O) groups excluding carboxylic acids is 2. The highest BCUT2D eigenvalue weighted by Crippen LogP contribution is 2.25. The van der Waals surface area contributed by atoms with Gasteiger partial charge in [0.2, 0.25) is 5.91 Å². The molecule has 2 amide bonds. The van der Waals surface area contributed by atoms with Gasteiger partial charge in [0.25, 0.3) is 5.91 Å². The summed E-state index contributed by atoms with van der Waals surface area (Å²) >= 11 is 9.05. The number of nitrogens with two attached hydrogens (primary N) is 1. The lowest BCUT2D eigenvalue weighted by Crippen LogP contribution is -2.29. The lowest BCUT2D eigenvalue weighted by molar-refractivity contribution is -0.124. The molecule has 0 aliphatic heterocycles. The van der Waals surface area contributed by atoms with Crippen molar-refractivity contribution < 1.29 is 14.4 Å². The van der Waals surface area contributed by atoms with Crippen molar-refractivity contribution in [3.8, 4) is 0 Å². The number of benzene rings is 1. The zero-order valence-electron chi connectivity index (χ0n) is 8.00. The van der Waals surface area contributed by atoms with Crippen LogP contribution in [0.4, 0.5) is 0 Å². The molecule has 0 saturated heterocycles. The van der Waals surface area contributed by atoms with Crippen molar-refractivity contribution in [2.24, 2.45) is 5.73 Å². The fraction of sp³-hybridized carbons (Fsp3) is 0.111. The summed E-state index contributed by atoms with van der Waals surface area (Å²) in [5.74, 6) is -1.23. The second kappa shape index (κ2) is 5.83. The molecular formula is C9H8BrClN2O3. The third-order valence-electron chi connectivity index (χ3n) is 1.58. The molecule has 0 fully saturated rings. The van der Waals surface area contributed by atoms with Gasteiger partial charge in [0.05, 0.1) is 10.6 Å². The van der Waals surface area contributed by atoms with Gasteiger partial charge in [-0.15, -0.1) is 0 Å². The molecule has 0 bridgehead atoms. The summed E-state index contributed by atoms with van der Waals surface area (Å²) in [5.41, 5.74) is 7.11. The van der Waals surface area contributed by atoms with E-state index in [1.165, 1.54) is 6.07 Å². The van der Waals surface area contributed by atoms with E-state index in [-0.39, 0.29) is 10.6 Å². The van der Waals surface area contributed by atoms with Crippen LogP contribution in [0.3, 0.4) is 0 Å². The number of rotatable bonds is 4. The molecule has 0 unspecified atom stereocenters. The first-order valence-corrected chi connectivity index (χ1v) is 5.34. The van der Waals surface area contributed by atoms with Crippen LogP contribution in [-0.4, -0.2) is 18.4 Å². The molecular weight excluding hydrogens is 299 g/mol. The third-order valence-corrected chi connectivity index (χ3v) is 2.87. The predicted octanol–water partition coefficient (Wildman–Crippen LogP) is 1.25. The van der Waals surface area contributed by atoms with E-state index >= 15 is 0 Å². The molecule has 0 aromatic heterocycles. The highest BCUT2D eigenvalue weighted by atomic mass is 79.9. The Morgan fingerprint density at radius 1 is 1.50 bits per heavy atom. The van der Waals surface area contributed by atoms with Crippen molar-refractivity contribution in [2.45, 2.75) is 0 Å². The molecule has 5 nitrogen and oxygen atoms in total. The van der Waals surface area contributed by atoms with Crippen LogP contribution in [0.1, 0.15) is 10.4 Å². The largest absolute Gasteiger partial charge is 0.368 e. The van der Waals surface area contributed by atoms with Gasteiger partial charge in [-0.3, -0.25) is 14.4 Å². The molecule has 7 heteroatoms. The van der Waals surface area contributed by atoms with E-state index in [4.69, 9.17) is 17.3 Å². The molecule has 0 spiro atoms. The Kier molecular flexibility index (Phi) is 4.72. The van der Waals surface area contributed by atoms with Crippen LogP contribution >= 0.6 is 27.5 Å². The van der Waals surface area contributed by atoms with Crippen LogP contribution in [0.25, 0.3) is 0 Å². The van der Waals surface area contributed by atoms with E-state index in [2.05, 4.69) is 26.2 Å². The molecule has 1 rings (SSSR count). The Balaban J connectivity index is 2.66. The first kappa shape index (κ1) is 13.0. The Bertz CT molecular complexity index is 425. The maximum absolute atomic E-state index is 11.5. The Morgan fingerprint density at radius 3 is 2.81 bits per heavy atom. The molecule has 0 aliphatic carbocycles. The second-order valence-corrected chi connectivity index (χ2v) is 4.02. The van der Waals surface area contributed by atoms with Gasteiger partial charge in [-0.2, -0.15) is 0 Å². The number of carbonyl (C=O) groups is 2. The Morgan fingerprint density at radius 2 is 2.19 bits per heavy atom. The summed E-state index contributed by atoms with van der Waals surface area (Å²) in [5, 5.41) is 0.266. The van der Waals surface area contributed by atoms with E-state index in [9.17, 15) is 9.59 Å². The summed E-state index contributed by atoms with van der Waals surface area (Å²) < 4.78 is 0.594. The molecule has 0 radical (unpaired) electrons. The molecule has 0 atom stereocenters. The van der Waals surface area contributed by atoms with Crippen molar-refractivity contribution in [1.82, 2.24) is 5.48 Å². The van der Waals surface area contributed by atoms with Crippen molar-refractivity contribution in [3.05, 3.63) is 33.3 Å². The van der Waals surface area contributed by atoms with Crippen LogP contribution < -0.4 is 11.2 Å². The topological polar surface area (TPSA) is 81.4 Å². The second-order valence-electron chi connectivity index (χ2n) is 2.79.